The van der Waals surface area contributed by atoms with Gasteiger partial charge in [0.15, 0.2) is 0 Å². The molecule has 1 amide bonds. The molecule has 3 aromatic rings. The first kappa shape index (κ1) is 13.8. The van der Waals surface area contributed by atoms with Crippen LogP contribution in [-0.4, -0.2) is 16.1 Å². The highest BCUT2D eigenvalue weighted by Crippen LogP contribution is 2.21. The van der Waals surface area contributed by atoms with Crippen LogP contribution in [0.5, 0.6) is 0 Å². The van der Waals surface area contributed by atoms with E-state index in [1.807, 2.05) is 42.5 Å². The van der Waals surface area contributed by atoms with Gasteiger partial charge in [-0.1, -0.05) is 42.5 Å². The van der Waals surface area contributed by atoms with E-state index in [0.29, 0.717) is 5.69 Å². The van der Waals surface area contributed by atoms with E-state index in [2.05, 4.69) is 50.2 Å². The van der Waals surface area contributed by atoms with Gasteiger partial charge in [0.2, 0.25) is 0 Å². The molecule has 0 bridgehead atoms. The average molecular weight is 389 g/mol. The minimum absolute atomic E-state index is 0.190. The number of hydrogen-bond donors (Lipinski definition) is 2. The number of aromatic nitrogens is 2. The summed E-state index contributed by atoms with van der Waals surface area (Å²) in [6.45, 7) is 0. The van der Waals surface area contributed by atoms with Gasteiger partial charge in [0.25, 0.3) is 5.91 Å². The quantitative estimate of drug-likeness (QED) is 0.667. The topological polar surface area (TPSA) is 57.8 Å². The maximum Gasteiger partial charge on any atom is 0.274 e. The second-order valence-corrected chi connectivity index (χ2v) is 5.65. The SMILES string of the molecule is O=C(Nc1ccc(-c2ccccc2)cc1)c1[nH]ncc1I. The summed E-state index contributed by atoms with van der Waals surface area (Å²) >= 11 is 2.07. The third-order valence-electron chi connectivity index (χ3n) is 3.07. The van der Waals surface area contributed by atoms with E-state index < -0.39 is 0 Å². The van der Waals surface area contributed by atoms with Crippen LogP contribution in [0, 0.1) is 3.57 Å². The Morgan fingerprint density at radius 2 is 1.67 bits per heavy atom. The van der Waals surface area contributed by atoms with Crippen molar-refractivity contribution in [2.75, 3.05) is 5.32 Å². The molecule has 1 aromatic heterocycles. The zero-order chi connectivity index (χ0) is 14.7. The standard InChI is InChI=1S/C16H12IN3O/c17-14-10-18-20-15(14)16(21)19-13-8-6-12(7-9-13)11-4-2-1-3-5-11/h1-10H,(H,18,20)(H,19,21). The number of carbonyl (C=O) groups is 1. The third kappa shape index (κ3) is 3.13. The number of anilines is 1. The van der Waals surface area contributed by atoms with Crippen molar-refractivity contribution in [3.8, 4) is 11.1 Å². The number of hydrogen-bond acceptors (Lipinski definition) is 2. The smallest absolute Gasteiger partial charge is 0.274 e. The van der Waals surface area contributed by atoms with Crippen LogP contribution in [0.4, 0.5) is 5.69 Å². The van der Waals surface area contributed by atoms with E-state index in [1.54, 1.807) is 6.20 Å². The third-order valence-corrected chi connectivity index (χ3v) is 3.89. The van der Waals surface area contributed by atoms with Gasteiger partial charge in [0.05, 0.1) is 9.77 Å². The highest BCUT2D eigenvalue weighted by atomic mass is 127. The fourth-order valence-corrected chi connectivity index (χ4v) is 2.51. The average Bonchev–Trinajstić information content (AvgIpc) is 2.95. The summed E-state index contributed by atoms with van der Waals surface area (Å²) in [5.41, 5.74) is 3.50. The molecule has 0 saturated heterocycles. The van der Waals surface area contributed by atoms with Crippen LogP contribution >= 0.6 is 22.6 Å². The maximum absolute atomic E-state index is 12.1. The lowest BCUT2D eigenvalue weighted by Gasteiger charge is -2.06. The number of nitrogens with one attached hydrogen (secondary N) is 2. The number of amides is 1. The molecule has 0 aliphatic heterocycles. The van der Waals surface area contributed by atoms with E-state index in [-0.39, 0.29) is 5.91 Å². The van der Waals surface area contributed by atoms with Gasteiger partial charge in [-0.2, -0.15) is 5.10 Å². The molecule has 0 radical (unpaired) electrons. The number of aromatic amines is 1. The van der Waals surface area contributed by atoms with Crippen molar-refractivity contribution in [1.82, 2.24) is 10.2 Å². The Kier molecular flexibility index (Phi) is 4.01. The van der Waals surface area contributed by atoms with Crippen molar-refractivity contribution >= 4 is 34.2 Å². The number of nitrogens with zero attached hydrogens (tertiary/aromatic N) is 1. The van der Waals surface area contributed by atoms with Crippen molar-refractivity contribution < 1.29 is 4.79 Å². The molecule has 2 N–H and O–H groups in total. The van der Waals surface area contributed by atoms with Crippen molar-refractivity contribution in [1.29, 1.82) is 0 Å². The van der Waals surface area contributed by atoms with E-state index in [4.69, 9.17) is 0 Å². The van der Waals surface area contributed by atoms with Crippen LogP contribution in [0.25, 0.3) is 11.1 Å². The second-order valence-electron chi connectivity index (χ2n) is 4.49. The second kappa shape index (κ2) is 6.09. The molecule has 21 heavy (non-hydrogen) atoms. The lowest BCUT2D eigenvalue weighted by molar-refractivity contribution is 0.102. The maximum atomic E-state index is 12.1. The summed E-state index contributed by atoms with van der Waals surface area (Å²) in [6, 6.07) is 17.9. The van der Waals surface area contributed by atoms with E-state index in [1.165, 1.54) is 0 Å². The van der Waals surface area contributed by atoms with Gasteiger partial charge in [-0.15, -0.1) is 0 Å². The van der Waals surface area contributed by atoms with Gasteiger partial charge in [0, 0.05) is 5.69 Å². The fourth-order valence-electron chi connectivity index (χ4n) is 2.00. The summed E-state index contributed by atoms with van der Waals surface area (Å²) in [4.78, 5) is 12.1. The molecule has 1 heterocycles. The predicted molar refractivity (Wildman–Crippen MR) is 91.1 cm³/mol. The van der Waals surface area contributed by atoms with Gasteiger partial charge >= 0.3 is 0 Å². The molecule has 0 saturated carbocycles. The van der Waals surface area contributed by atoms with Crippen LogP contribution in [0.15, 0.2) is 60.8 Å². The molecule has 4 nitrogen and oxygen atoms in total. The largest absolute Gasteiger partial charge is 0.321 e. The first-order chi connectivity index (χ1) is 10.2. The van der Waals surface area contributed by atoms with Gasteiger partial charge in [-0.3, -0.25) is 9.89 Å². The molecule has 0 aliphatic rings. The molecular weight excluding hydrogens is 377 g/mol. The van der Waals surface area contributed by atoms with Crippen molar-refractivity contribution in [2.45, 2.75) is 0 Å². The molecule has 0 aliphatic carbocycles. The molecule has 3 rings (SSSR count). The minimum atomic E-state index is -0.190. The molecule has 0 spiro atoms. The highest BCUT2D eigenvalue weighted by Gasteiger charge is 2.11. The summed E-state index contributed by atoms with van der Waals surface area (Å²) in [6.07, 6.45) is 1.62. The molecule has 5 heteroatoms. The predicted octanol–water partition coefficient (Wildman–Crippen LogP) is 3.93. The van der Waals surface area contributed by atoms with E-state index in [0.717, 1.165) is 20.4 Å². The minimum Gasteiger partial charge on any atom is -0.321 e. The number of rotatable bonds is 3. The van der Waals surface area contributed by atoms with Gasteiger partial charge in [-0.05, 0) is 45.9 Å². The monoisotopic (exact) mass is 389 g/mol. The molecule has 0 atom stereocenters. The Labute approximate surface area is 135 Å². The number of carbonyl (C=O) groups excluding carboxylic acids is 1. The summed E-state index contributed by atoms with van der Waals surface area (Å²) in [7, 11) is 0. The summed E-state index contributed by atoms with van der Waals surface area (Å²) < 4.78 is 0.797. The molecule has 104 valence electrons. The zero-order valence-corrected chi connectivity index (χ0v) is 13.2. The first-order valence-electron chi connectivity index (χ1n) is 6.40. The molecule has 0 fully saturated rings. The highest BCUT2D eigenvalue weighted by molar-refractivity contribution is 14.1. The fraction of sp³-hybridized carbons (Fsp3) is 0. The Morgan fingerprint density at radius 1 is 1.00 bits per heavy atom. The summed E-state index contributed by atoms with van der Waals surface area (Å²) in [5.74, 6) is -0.190. The lowest BCUT2D eigenvalue weighted by Crippen LogP contribution is -2.13. The van der Waals surface area contributed by atoms with E-state index >= 15 is 0 Å². The van der Waals surface area contributed by atoms with Crippen molar-refractivity contribution in [3.05, 3.63) is 70.1 Å². The zero-order valence-electron chi connectivity index (χ0n) is 11.0. The first-order valence-corrected chi connectivity index (χ1v) is 7.47. The van der Waals surface area contributed by atoms with Gasteiger partial charge in [0.1, 0.15) is 5.69 Å². The van der Waals surface area contributed by atoms with Crippen LogP contribution < -0.4 is 5.32 Å². The molecular formula is C16H12IN3O. The molecule has 2 aromatic carbocycles. The Bertz CT molecular complexity index is 751. The van der Waals surface area contributed by atoms with Crippen LogP contribution in [0.3, 0.4) is 0 Å². The Hall–Kier alpha value is -2.15. The van der Waals surface area contributed by atoms with Crippen molar-refractivity contribution in [3.63, 3.8) is 0 Å². The Balaban J connectivity index is 1.76. The number of halogens is 1. The Morgan fingerprint density at radius 3 is 2.29 bits per heavy atom. The normalized spacial score (nSPS) is 10.3. The van der Waals surface area contributed by atoms with Crippen LogP contribution in [-0.2, 0) is 0 Å². The lowest BCUT2D eigenvalue weighted by atomic mass is 10.1. The van der Waals surface area contributed by atoms with Gasteiger partial charge < -0.3 is 5.32 Å². The van der Waals surface area contributed by atoms with Crippen LogP contribution in [0.2, 0.25) is 0 Å². The number of H-pyrrole nitrogens is 1. The molecule has 0 unspecified atom stereocenters. The van der Waals surface area contributed by atoms with E-state index in [9.17, 15) is 4.79 Å². The van der Waals surface area contributed by atoms with Crippen molar-refractivity contribution in [2.24, 2.45) is 0 Å². The van der Waals surface area contributed by atoms with Gasteiger partial charge in [-0.25, -0.2) is 0 Å². The number of benzene rings is 2. The summed E-state index contributed by atoms with van der Waals surface area (Å²) in [5, 5.41) is 9.39. The van der Waals surface area contributed by atoms with Crippen LogP contribution in [0.1, 0.15) is 10.5 Å².